The zero-order valence-electron chi connectivity index (χ0n) is 13.6. The Kier molecular flexibility index (Phi) is 4.86. The number of carbonyl (C=O) groups is 1. The van der Waals surface area contributed by atoms with Crippen molar-refractivity contribution in [3.8, 4) is 18.1 Å². The lowest BCUT2D eigenvalue weighted by molar-refractivity contribution is -0.132. The number of nitrogens with zero attached hydrogens (tertiary/aromatic N) is 1. The molecule has 2 atom stereocenters. The molecule has 2 aromatic rings. The van der Waals surface area contributed by atoms with Gasteiger partial charge in [-0.1, -0.05) is 42.5 Å². The Bertz CT molecular complexity index is 731. The van der Waals surface area contributed by atoms with Crippen LogP contribution in [0.15, 0.2) is 54.6 Å². The first-order valence-electron chi connectivity index (χ1n) is 8.23. The molecule has 122 valence electrons. The molecule has 0 radical (unpaired) electrons. The summed E-state index contributed by atoms with van der Waals surface area (Å²) in [5, 5.41) is 9.43. The summed E-state index contributed by atoms with van der Waals surface area (Å²) in [4.78, 5) is 14.7. The van der Waals surface area contributed by atoms with Crippen LogP contribution in [0, 0.1) is 18.3 Å². The lowest BCUT2D eigenvalue weighted by Gasteiger charge is -2.25. The third-order valence-electron chi connectivity index (χ3n) is 4.60. The minimum absolute atomic E-state index is 0.0826. The van der Waals surface area contributed by atoms with Crippen LogP contribution in [0.5, 0.6) is 5.75 Å². The van der Waals surface area contributed by atoms with Crippen LogP contribution in [0.1, 0.15) is 24.0 Å². The van der Waals surface area contributed by atoms with Gasteiger partial charge in [0.2, 0.25) is 5.91 Å². The van der Waals surface area contributed by atoms with Gasteiger partial charge in [0.1, 0.15) is 5.75 Å². The van der Waals surface area contributed by atoms with E-state index in [1.165, 1.54) is 5.56 Å². The van der Waals surface area contributed by atoms with Crippen molar-refractivity contribution in [1.82, 2.24) is 4.90 Å². The molecule has 0 aliphatic carbocycles. The monoisotopic (exact) mass is 319 g/mol. The number of amides is 1. The van der Waals surface area contributed by atoms with Crippen molar-refractivity contribution < 1.29 is 9.90 Å². The largest absolute Gasteiger partial charge is 0.508 e. The highest BCUT2D eigenvalue weighted by Gasteiger charge is 2.38. The molecular weight excluding hydrogens is 298 g/mol. The molecule has 24 heavy (non-hydrogen) atoms. The fraction of sp³-hybridized carbons (Fsp3) is 0.286. The Morgan fingerprint density at radius 3 is 2.46 bits per heavy atom. The fourth-order valence-corrected chi connectivity index (χ4v) is 3.37. The Labute approximate surface area is 142 Å². The van der Waals surface area contributed by atoms with Gasteiger partial charge in [-0.05, 0) is 36.1 Å². The second kappa shape index (κ2) is 7.23. The first-order chi connectivity index (χ1) is 11.7. The van der Waals surface area contributed by atoms with E-state index >= 15 is 0 Å². The molecule has 1 fully saturated rings. The zero-order chi connectivity index (χ0) is 16.9. The van der Waals surface area contributed by atoms with E-state index in [9.17, 15) is 9.90 Å². The third-order valence-corrected chi connectivity index (χ3v) is 4.60. The average molecular weight is 319 g/mol. The molecule has 0 spiro atoms. The van der Waals surface area contributed by atoms with Crippen molar-refractivity contribution in [2.75, 3.05) is 0 Å². The van der Waals surface area contributed by atoms with E-state index in [0.29, 0.717) is 13.0 Å². The molecule has 1 saturated heterocycles. The normalized spacial score (nSPS) is 20.1. The summed E-state index contributed by atoms with van der Waals surface area (Å²) in [5.41, 5.74) is 2.24. The molecule has 3 heteroatoms. The van der Waals surface area contributed by atoms with Crippen molar-refractivity contribution in [2.24, 2.45) is 5.92 Å². The van der Waals surface area contributed by atoms with Crippen molar-refractivity contribution in [2.45, 2.75) is 31.8 Å². The van der Waals surface area contributed by atoms with Crippen molar-refractivity contribution in [3.05, 3.63) is 65.7 Å². The minimum atomic E-state index is -0.0826. The maximum absolute atomic E-state index is 12.7. The molecule has 1 amide bonds. The lowest BCUT2D eigenvalue weighted by atomic mass is 9.98. The number of benzene rings is 2. The van der Waals surface area contributed by atoms with E-state index in [4.69, 9.17) is 6.42 Å². The number of hydrogen-bond donors (Lipinski definition) is 1. The van der Waals surface area contributed by atoms with Crippen LogP contribution in [-0.4, -0.2) is 22.0 Å². The van der Waals surface area contributed by atoms with Crippen molar-refractivity contribution in [3.63, 3.8) is 0 Å². The first kappa shape index (κ1) is 16.1. The maximum Gasteiger partial charge on any atom is 0.227 e. The molecule has 1 N–H and O–H groups in total. The molecule has 1 aliphatic rings. The van der Waals surface area contributed by atoms with Crippen molar-refractivity contribution >= 4 is 5.91 Å². The molecule has 0 bridgehead atoms. The van der Waals surface area contributed by atoms with Gasteiger partial charge < -0.3 is 10.0 Å². The number of terminal acetylenes is 1. The molecule has 0 saturated carbocycles. The predicted octanol–water partition coefficient (Wildman–Crippen LogP) is 3.38. The molecule has 1 unspecified atom stereocenters. The van der Waals surface area contributed by atoms with E-state index in [0.717, 1.165) is 18.4 Å². The van der Waals surface area contributed by atoms with E-state index in [-0.39, 0.29) is 23.6 Å². The second-order valence-corrected chi connectivity index (χ2v) is 6.32. The van der Waals surface area contributed by atoms with Gasteiger partial charge >= 0.3 is 0 Å². The van der Waals surface area contributed by atoms with Gasteiger partial charge in [0.05, 0.1) is 5.92 Å². The highest BCUT2D eigenvalue weighted by molar-refractivity contribution is 5.81. The standard InChI is InChI=1S/C21H21NO2/c1-2-6-18-14-19(13-16-7-4-3-5-8-16)22(21(18)24)15-17-9-11-20(23)12-10-17/h1,3-5,7-12,18-19,23H,6,13-15H2/t18?,19-/m0/s1. The fourth-order valence-electron chi connectivity index (χ4n) is 3.37. The molecule has 1 aliphatic heterocycles. The Hall–Kier alpha value is -2.73. The number of likely N-dealkylation sites (tertiary alicyclic amines) is 1. The van der Waals surface area contributed by atoms with Crippen LogP contribution in [0.3, 0.4) is 0 Å². The van der Waals surface area contributed by atoms with E-state index < -0.39 is 0 Å². The number of aromatic hydroxyl groups is 1. The quantitative estimate of drug-likeness (QED) is 0.858. The maximum atomic E-state index is 12.7. The van der Waals surface area contributed by atoms with Gasteiger partial charge in [0.25, 0.3) is 0 Å². The molecular formula is C21H21NO2. The second-order valence-electron chi connectivity index (χ2n) is 6.32. The molecule has 1 heterocycles. The Morgan fingerprint density at radius 2 is 1.79 bits per heavy atom. The molecule has 3 nitrogen and oxygen atoms in total. The number of carbonyl (C=O) groups excluding carboxylic acids is 1. The SMILES string of the molecule is C#CCC1C[C@H](Cc2ccccc2)N(Cc2ccc(O)cc2)C1=O. The summed E-state index contributed by atoms with van der Waals surface area (Å²) in [6.45, 7) is 0.553. The summed E-state index contributed by atoms with van der Waals surface area (Å²) in [7, 11) is 0. The van der Waals surface area contributed by atoms with Crippen molar-refractivity contribution in [1.29, 1.82) is 0 Å². The smallest absolute Gasteiger partial charge is 0.227 e. The lowest BCUT2D eigenvalue weighted by Crippen LogP contribution is -2.34. The average Bonchev–Trinajstić information content (AvgIpc) is 2.87. The van der Waals surface area contributed by atoms with Gasteiger partial charge in [0.15, 0.2) is 0 Å². The van der Waals surface area contributed by atoms with Crippen LogP contribution in [-0.2, 0) is 17.8 Å². The molecule has 2 aromatic carbocycles. The summed E-state index contributed by atoms with van der Waals surface area (Å²) in [5.74, 6) is 2.93. The highest BCUT2D eigenvalue weighted by Crippen LogP contribution is 2.31. The third kappa shape index (κ3) is 3.60. The topological polar surface area (TPSA) is 40.5 Å². The van der Waals surface area contributed by atoms with E-state index in [1.807, 2.05) is 35.2 Å². The number of hydrogen-bond acceptors (Lipinski definition) is 2. The van der Waals surface area contributed by atoms with Crippen LogP contribution in [0.4, 0.5) is 0 Å². The first-order valence-corrected chi connectivity index (χ1v) is 8.23. The minimum Gasteiger partial charge on any atom is -0.508 e. The van der Waals surface area contributed by atoms with Gasteiger partial charge in [-0.25, -0.2) is 0 Å². The van der Waals surface area contributed by atoms with Crippen LogP contribution in [0.25, 0.3) is 0 Å². The van der Waals surface area contributed by atoms with Gasteiger partial charge in [-0.2, -0.15) is 0 Å². The molecule has 3 rings (SSSR count). The predicted molar refractivity (Wildman–Crippen MR) is 94.1 cm³/mol. The van der Waals surface area contributed by atoms with Gasteiger partial charge in [-0.15, -0.1) is 12.3 Å². The van der Waals surface area contributed by atoms with Crippen LogP contribution >= 0.6 is 0 Å². The van der Waals surface area contributed by atoms with E-state index in [1.54, 1.807) is 12.1 Å². The summed E-state index contributed by atoms with van der Waals surface area (Å²) < 4.78 is 0. The summed E-state index contributed by atoms with van der Waals surface area (Å²) >= 11 is 0. The zero-order valence-corrected chi connectivity index (χ0v) is 13.6. The number of rotatable bonds is 5. The summed E-state index contributed by atoms with van der Waals surface area (Å²) in [6.07, 6.45) is 7.57. The Morgan fingerprint density at radius 1 is 1.08 bits per heavy atom. The van der Waals surface area contributed by atoms with Crippen LogP contribution in [0.2, 0.25) is 0 Å². The highest BCUT2D eigenvalue weighted by atomic mass is 16.3. The number of phenolic OH excluding ortho intramolecular Hbond substituents is 1. The van der Waals surface area contributed by atoms with Crippen LogP contribution < -0.4 is 0 Å². The Balaban J connectivity index is 1.79. The molecule has 0 aromatic heterocycles. The van der Waals surface area contributed by atoms with Gasteiger partial charge in [0, 0.05) is 19.0 Å². The van der Waals surface area contributed by atoms with E-state index in [2.05, 4.69) is 18.1 Å². The summed E-state index contributed by atoms with van der Waals surface area (Å²) in [6, 6.07) is 17.4. The van der Waals surface area contributed by atoms with Gasteiger partial charge in [-0.3, -0.25) is 4.79 Å². The number of phenols is 1.